The summed E-state index contributed by atoms with van der Waals surface area (Å²) >= 11 is 11.9. The Morgan fingerprint density at radius 3 is 2.55 bits per heavy atom. The Morgan fingerprint density at radius 1 is 1.14 bits per heavy atom. The normalized spacial score (nSPS) is 10.3. The first-order valence-corrected chi connectivity index (χ1v) is 7.70. The van der Waals surface area contributed by atoms with Gasteiger partial charge in [0.05, 0.1) is 13.0 Å². The molecule has 0 spiro atoms. The summed E-state index contributed by atoms with van der Waals surface area (Å²) in [5.74, 6) is 0.692. The standard InChI is InChI=1S/C17H17Cl2NO2/c1-12-2-6-15(7-3-12)22-9-8-20-17(21)10-13-4-5-14(18)11-16(13)19/h2-7,11H,8-10H2,1H3,(H,20,21). The third-order valence-corrected chi connectivity index (χ3v) is 3.67. The second-order valence-corrected chi connectivity index (χ2v) is 5.77. The highest BCUT2D eigenvalue weighted by molar-refractivity contribution is 6.35. The zero-order chi connectivity index (χ0) is 15.9. The topological polar surface area (TPSA) is 38.3 Å². The maximum atomic E-state index is 11.8. The minimum absolute atomic E-state index is 0.100. The molecule has 0 unspecified atom stereocenters. The second-order valence-electron chi connectivity index (χ2n) is 4.92. The van der Waals surface area contributed by atoms with Gasteiger partial charge in [0, 0.05) is 10.0 Å². The van der Waals surface area contributed by atoms with Crippen LogP contribution in [0.2, 0.25) is 10.0 Å². The first-order valence-electron chi connectivity index (χ1n) is 6.94. The lowest BCUT2D eigenvalue weighted by Gasteiger charge is -2.09. The van der Waals surface area contributed by atoms with Crippen LogP contribution in [0.5, 0.6) is 5.75 Å². The molecule has 3 nitrogen and oxygen atoms in total. The van der Waals surface area contributed by atoms with Gasteiger partial charge < -0.3 is 10.1 Å². The minimum Gasteiger partial charge on any atom is -0.492 e. The van der Waals surface area contributed by atoms with Crippen molar-refractivity contribution in [2.45, 2.75) is 13.3 Å². The van der Waals surface area contributed by atoms with E-state index in [2.05, 4.69) is 5.32 Å². The van der Waals surface area contributed by atoms with Gasteiger partial charge in [-0.2, -0.15) is 0 Å². The summed E-state index contributed by atoms with van der Waals surface area (Å²) in [5.41, 5.74) is 1.93. The molecule has 116 valence electrons. The first-order chi connectivity index (χ1) is 10.5. The number of hydrogen-bond donors (Lipinski definition) is 1. The Labute approximate surface area is 140 Å². The van der Waals surface area contributed by atoms with Crippen LogP contribution in [-0.2, 0) is 11.2 Å². The largest absolute Gasteiger partial charge is 0.492 e. The van der Waals surface area contributed by atoms with Crippen LogP contribution in [-0.4, -0.2) is 19.1 Å². The summed E-state index contributed by atoms with van der Waals surface area (Å²) in [6.45, 7) is 2.88. The predicted octanol–water partition coefficient (Wildman–Crippen LogP) is 4.04. The van der Waals surface area contributed by atoms with E-state index in [9.17, 15) is 4.79 Å². The van der Waals surface area contributed by atoms with Crippen LogP contribution in [0, 0.1) is 6.92 Å². The molecule has 2 rings (SSSR count). The molecule has 1 amide bonds. The number of amides is 1. The molecule has 2 aromatic rings. The van der Waals surface area contributed by atoms with Crippen molar-refractivity contribution in [1.82, 2.24) is 5.32 Å². The SMILES string of the molecule is Cc1ccc(OCCNC(=O)Cc2ccc(Cl)cc2Cl)cc1. The maximum absolute atomic E-state index is 11.8. The number of hydrogen-bond acceptors (Lipinski definition) is 2. The molecule has 0 atom stereocenters. The number of rotatable bonds is 6. The minimum atomic E-state index is -0.100. The molecular formula is C17H17Cl2NO2. The van der Waals surface area contributed by atoms with Gasteiger partial charge in [0.15, 0.2) is 0 Å². The van der Waals surface area contributed by atoms with E-state index in [1.54, 1.807) is 18.2 Å². The lowest BCUT2D eigenvalue weighted by atomic mass is 10.1. The molecule has 0 aromatic heterocycles. The second kappa shape index (κ2) is 8.06. The fourth-order valence-electron chi connectivity index (χ4n) is 1.89. The van der Waals surface area contributed by atoms with E-state index >= 15 is 0 Å². The van der Waals surface area contributed by atoms with E-state index in [1.165, 1.54) is 5.56 Å². The van der Waals surface area contributed by atoms with Crippen LogP contribution in [0.25, 0.3) is 0 Å². The molecule has 5 heteroatoms. The van der Waals surface area contributed by atoms with Crippen molar-refractivity contribution in [3.05, 3.63) is 63.6 Å². The zero-order valence-corrected chi connectivity index (χ0v) is 13.7. The number of aryl methyl sites for hydroxylation is 1. The third kappa shape index (κ3) is 5.24. The van der Waals surface area contributed by atoms with E-state index in [-0.39, 0.29) is 12.3 Å². The number of benzene rings is 2. The summed E-state index contributed by atoms with van der Waals surface area (Å²) in [4.78, 5) is 11.8. The lowest BCUT2D eigenvalue weighted by Crippen LogP contribution is -2.29. The van der Waals surface area contributed by atoms with E-state index in [0.29, 0.717) is 23.2 Å². The van der Waals surface area contributed by atoms with Crippen molar-refractivity contribution in [2.75, 3.05) is 13.2 Å². The van der Waals surface area contributed by atoms with Gasteiger partial charge in [-0.15, -0.1) is 0 Å². The van der Waals surface area contributed by atoms with Gasteiger partial charge in [0.2, 0.25) is 5.91 Å². The summed E-state index contributed by atoms with van der Waals surface area (Å²) in [6.07, 6.45) is 0.223. The van der Waals surface area contributed by atoms with Crippen LogP contribution < -0.4 is 10.1 Å². The average molecular weight is 338 g/mol. The van der Waals surface area contributed by atoms with Gasteiger partial charge in [-0.25, -0.2) is 0 Å². The summed E-state index contributed by atoms with van der Waals surface area (Å²) in [6, 6.07) is 12.9. The smallest absolute Gasteiger partial charge is 0.224 e. The molecular weight excluding hydrogens is 321 g/mol. The number of carbonyl (C=O) groups is 1. The van der Waals surface area contributed by atoms with Crippen molar-refractivity contribution in [2.24, 2.45) is 0 Å². The van der Waals surface area contributed by atoms with Gasteiger partial charge in [-0.3, -0.25) is 4.79 Å². The quantitative estimate of drug-likeness (QED) is 0.808. The Bertz CT molecular complexity index is 642. The van der Waals surface area contributed by atoms with Crippen molar-refractivity contribution >= 4 is 29.1 Å². The van der Waals surface area contributed by atoms with Gasteiger partial charge in [0.25, 0.3) is 0 Å². The monoisotopic (exact) mass is 337 g/mol. The van der Waals surface area contributed by atoms with Crippen molar-refractivity contribution in [3.63, 3.8) is 0 Å². The summed E-state index contributed by atoms with van der Waals surface area (Å²) in [5, 5.41) is 3.85. The van der Waals surface area contributed by atoms with Crippen LogP contribution in [0.1, 0.15) is 11.1 Å². The molecule has 0 fully saturated rings. The molecule has 0 radical (unpaired) electrons. The van der Waals surface area contributed by atoms with Crippen LogP contribution in [0.15, 0.2) is 42.5 Å². The molecule has 1 N–H and O–H groups in total. The number of halogens is 2. The Kier molecular flexibility index (Phi) is 6.10. The molecule has 2 aromatic carbocycles. The fourth-order valence-corrected chi connectivity index (χ4v) is 2.37. The van der Waals surface area contributed by atoms with Crippen molar-refractivity contribution in [1.29, 1.82) is 0 Å². The van der Waals surface area contributed by atoms with E-state index in [4.69, 9.17) is 27.9 Å². The van der Waals surface area contributed by atoms with Gasteiger partial charge in [0.1, 0.15) is 12.4 Å². The molecule has 0 saturated carbocycles. The maximum Gasteiger partial charge on any atom is 0.224 e. The van der Waals surface area contributed by atoms with Gasteiger partial charge >= 0.3 is 0 Å². The number of ether oxygens (including phenoxy) is 1. The third-order valence-electron chi connectivity index (χ3n) is 3.08. The van der Waals surface area contributed by atoms with Crippen LogP contribution in [0.4, 0.5) is 0 Å². The Balaban J connectivity index is 1.72. The predicted molar refractivity (Wildman–Crippen MR) is 89.8 cm³/mol. The fraction of sp³-hybridized carbons (Fsp3) is 0.235. The molecule has 0 aliphatic rings. The summed E-state index contributed by atoms with van der Waals surface area (Å²) in [7, 11) is 0. The Hall–Kier alpha value is -1.71. The van der Waals surface area contributed by atoms with Crippen molar-refractivity contribution < 1.29 is 9.53 Å². The molecule has 0 aliphatic heterocycles. The number of nitrogens with one attached hydrogen (secondary N) is 1. The molecule has 0 saturated heterocycles. The summed E-state index contributed by atoms with van der Waals surface area (Å²) < 4.78 is 5.54. The highest BCUT2D eigenvalue weighted by Gasteiger charge is 2.07. The average Bonchev–Trinajstić information content (AvgIpc) is 2.48. The van der Waals surface area contributed by atoms with E-state index in [0.717, 1.165) is 11.3 Å². The molecule has 22 heavy (non-hydrogen) atoms. The zero-order valence-electron chi connectivity index (χ0n) is 12.2. The van der Waals surface area contributed by atoms with Crippen LogP contribution >= 0.6 is 23.2 Å². The van der Waals surface area contributed by atoms with Gasteiger partial charge in [-0.05, 0) is 36.8 Å². The lowest BCUT2D eigenvalue weighted by molar-refractivity contribution is -0.120. The van der Waals surface area contributed by atoms with E-state index < -0.39 is 0 Å². The highest BCUT2D eigenvalue weighted by Crippen LogP contribution is 2.21. The molecule has 0 bridgehead atoms. The highest BCUT2D eigenvalue weighted by atomic mass is 35.5. The van der Waals surface area contributed by atoms with Crippen LogP contribution in [0.3, 0.4) is 0 Å². The first kappa shape index (κ1) is 16.7. The molecule has 0 heterocycles. The Morgan fingerprint density at radius 2 is 1.86 bits per heavy atom. The number of carbonyl (C=O) groups excluding carboxylic acids is 1. The molecule has 0 aliphatic carbocycles. The van der Waals surface area contributed by atoms with Gasteiger partial charge in [-0.1, -0.05) is 47.0 Å². The van der Waals surface area contributed by atoms with E-state index in [1.807, 2.05) is 31.2 Å². The van der Waals surface area contributed by atoms with Crippen molar-refractivity contribution in [3.8, 4) is 5.75 Å².